The summed E-state index contributed by atoms with van der Waals surface area (Å²) in [5.41, 5.74) is 1.83. The number of benzene rings is 1. The Morgan fingerprint density at radius 1 is 1.12 bits per heavy atom. The van der Waals surface area contributed by atoms with Crippen LogP contribution in [0.25, 0.3) is 22.6 Å². The average Bonchev–Trinajstić information content (AvgIpc) is 2.75. The number of nitrogens with zero attached hydrogens (tertiary/aromatic N) is 3. The number of aromatic amines is 1. The maximum atomic E-state index is 12.8. The van der Waals surface area contributed by atoms with Gasteiger partial charge in [0.05, 0.1) is 0 Å². The Labute approximate surface area is 101 Å². The van der Waals surface area contributed by atoms with Gasteiger partial charge in [-0.15, -0.1) is 0 Å². The molecular formula is C11H6ClFN4. The molecule has 0 aliphatic rings. The highest BCUT2D eigenvalue weighted by molar-refractivity contribution is 6.33. The molecule has 0 amide bonds. The van der Waals surface area contributed by atoms with E-state index in [2.05, 4.69) is 19.9 Å². The molecule has 0 atom stereocenters. The third-order valence-corrected chi connectivity index (χ3v) is 2.65. The molecule has 0 saturated carbocycles. The largest absolute Gasteiger partial charge is 0.334 e. The molecule has 1 aromatic carbocycles. The number of halogens is 2. The van der Waals surface area contributed by atoms with Gasteiger partial charge in [-0.05, 0) is 24.3 Å². The van der Waals surface area contributed by atoms with Crippen LogP contribution in [0.15, 0.2) is 30.6 Å². The number of hydrogen-bond donors (Lipinski definition) is 1. The predicted octanol–water partition coefficient (Wildman–Crippen LogP) is 2.81. The second-order valence-corrected chi connectivity index (χ2v) is 3.81. The van der Waals surface area contributed by atoms with Crippen LogP contribution in [0.3, 0.4) is 0 Å². The average molecular weight is 249 g/mol. The van der Waals surface area contributed by atoms with E-state index in [1.807, 2.05) is 0 Å². The molecular weight excluding hydrogens is 243 g/mol. The highest BCUT2D eigenvalue weighted by Gasteiger charge is 2.09. The van der Waals surface area contributed by atoms with Crippen LogP contribution in [0.5, 0.6) is 0 Å². The molecule has 0 aliphatic carbocycles. The van der Waals surface area contributed by atoms with Gasteiger partial charge in [-0.25, -0.2) is 19.3 Å². The van der Waals surface area contributed by atoms with E-state index in [4.69, 9.17) is 11.6 Å². The highest BCUT2D eigenvalue weighted by atomic mass is 35.5. The zero-order valence-electron chi connectivity index (χ0n) is 8.48. The zero-order valence-corrected chi connectivity index (χ0v) is 9.24. The summed E-state index contributed by atoms with van der Waals surface area (Å²) in [4.78, 5) is 15.1. The smallest absolute Gasteiger partial charge is 0.182 e. The topological polar surface area (TPSA) is 54.5 Å². The van der Waals surface area contributed by atoms with Crippen molar-refractivity contribution in [1.29, 1.82) is 0 Å². The lowest BCUT2D eigenvalue weighted by Gasteiger charge is -1.94. The molecule has 2 aromatic heterocycles. The summed E-state index contributed by atoms with van der Waals surface area (Å²) in [6.45, 7) is 0. The van der Waals surface area contributed by atoms with Gasteiger partial charge in [-0.3, -0.25) is 0 Å². The summed E-state index contributed by atoms with van der Waals surface area (Å²) < 4.78 is 12.8. The van der Waals surface area contributed by atoms with Gasteiger partial charge >= 0.3 is 0 Å². The summed E-state index contributed by atoms with van der Waals surface area (Å²) in [6, 6.07) is 6.01. The summed E-state index contributed by atoms with van der Waals surface area (Å²) in [5, 5.41) is 0.316. The van der Waals surface area contributed by atoms with E-state index in [1.165, 1.54) is 18.5 Å². The fourth-order valence-electron chi connectivity index (χ4n) is 1.54. The quantitative estimate of drug-likeness (QED) is 0.674. The lowest BCUT2D eigenvalue weighted by Crippen LogP contribution is -1.80. The van der Waals surface area contributed by atoms with Crippen molar-refractivity contribution in [3.8, 4) is 11.4 Å². The normalized spacial score (nSPS) is 10.9. The Hall–Kier alpha value is -2.01. The monoisotopic (exact) mass is 248 g/mol. The van der Waals surface area contributed by atoms with E-state index in [1.54, 1.807) is 12.1 Å². The lowest BCUT2D eigenvalue weighted by atomic mass is 10.2. The molecule has 0 aliphatic heterocycles. The Balaban J connectivity index is 2.18. The van der Waals surface area contributed by atoms with Crippen LogP contribution in [-0.4, -0.2) is 19.9 Å². The maximum Gasteiger partial charge on any atom is 0.182 e. The molecule has 0 unspecified atom stereocenters. The SMILES string of the molecule is Fc1ccc(-c2nc3ncnc(Cl)c3[nH]2)cc1. The van der Waals surface area contributed by atoms with Gasteiger partial charge in [0.2, 0.25) is 0 Å². The van der Waals surface area contributed by atoms with Gasteiger partial charge in [0.15, 0.2) is 10.8 Å². The predicted molar refractivity (Wildman–Crippen MR) is 62.1 cm³/mol. The van der Waals surface area contributed by atoms with E-state index in [0.29, 0.717) is 22.1 Å². The molecule has 0 radical (unpaired) electrons. The molecule has 17 heavy (non-hydrogen) atoms. The minimum absolute atomic E-state index is 0.289. The molecule has 4 nitrogen and oxygen atoms in total. The fourth-order valence-corrected chi connectivity index (χ4v) is 1.72. The van der Waals surface area contributed by atoms with Crippen LogP contribution in [0, 0.1) is 5.82 Å². The van der Waals surface area contributed by atoms with Crippen molar-refractivity contribution < 1.29 is 4.39 Å². The van der Waals surface area contributed by atoms with Crippen LogP contribution in [-0.2, 0) is 0 Å². The van der Waals surface area contributed by atoms with Crippen molar-refractivity contribution >= 4 is 22.8 Å². The molecule has 6 heteroatoms. The molecule has 2 heterocycles. The second kappa shape index (κ2) is 3.78. The van der Waals surface area contributed by atoms with Crippen LogP contribution in [0.2, 0.25) is 5.15 Å². The summed E-state index contributed by atoms with van der Waals surface area (Å²) >= 11 is 5.90. The first-order chi connectivity index (χ1) is 8.24. The number of H-pyrrole nitrogens is 1. The highest BCUT2D eigenvalue weighted by Crippen LogP contribution is 2.22. The Bertz CT molecular complexity index is 678. The van der Waals surface area contributed by atoms with Crippen molar-refractivity contribution in [2.24, 2.45) is 0 Å². The molecule has 0 saturated heterocycles. The fraction of sp³-hybridized carbons (Fsp3) is 0. The van der Waals surface area contributed by atoms with Crippen molar-refractivity contribution in [3.63, 3.8) is 0 Å². The maximum absolute atomic E-state index is 12.8. The summed E-state index contributed by atoms with van der Waals surface area (Å²) in [6.07, 6.45) is 1.35. The number of aromatic nitrogens is 4. The number of fused-ring (bicyclic) bond motifs is 1. The van der Waals surface area contributed by atoms with Crippen LogP contribution < -0.4 is 0 Å². The number of hydrogen-bond acceptors (Lipinski definition) is 3. The second-order valence-electron chi connectivity index (χ2n) is 3.46. The Morgan fingerprint density at radius 3 is 2.59 bits per heavy atom. The first-order valence-corrected chi connectivity index (χ1v) is 5.24. The number of rotatable bonds is 1. The van der Waals surface area contributed by atoms with Gasteiger partial charge in [0.1, 0.15) is 23.5 Å². The zero-order chi connectivity index (χ0) is 11.8. The van der Waals surface area contributed by atoms with Gasteiger partial charge in [0.25, 0.3) is 0 Å². The van der Waals surface area contributed by atoms with E-state index in [-0.39, 0.29) is 5.82 Å². The van der Waals surface area contributed by atoms with Crippen molar-refractivity contribution in [2.45, 2.75) is 0 Å². The number of nitrogens with one attached hydrogen (secondary N) is 1. The molecule has 84 valence electrons. The third-order valence-electron chi connectivity index (χ3n) is 2.36. The van der Waals surface area contributed by atoms with Gasteiger partial charge in [-0.1, -0.05) is 11.6 Å². The third kappa shape index (κ3) is 1.74. The van der Waals surface area contributed by atoms with Gasteiger partial charge in [0, 0.05) is 5.56 Å². The van der Waals surface area contributed by atoms with E-state index >= 15 is 0 Å². The van der Waals surface area contributed by atoms with Crippen molar-refractivity contribution in [2.75, 3.05) is 0 Å². The molecule has 0 fully saturated rings. The Morgan fingerprint density at radius 2 is 1.88 bits per heavy atom. The molecule has 3 aromatic rings. The summed E-state index contributed by atoms with van der Waals surface area (Å²) in [7, 11) is 0. The minimum Gasteiger partial charge on any atom is -0.334 e. The lowest BCUT2D eigenvalue weighted by molar-refractivity contribution is 0.628. The molecule has 0 spiro atoms. The first kappa shape index (κ1) is 10.2. The van der Waals surface area contributed by atoms with Crippen LogP contribution >= 0.6 is 11.6 Å². The molecule has 1 N–H and O–H groups in total. The van der Waals surface area contributed by atoms with Crippen LogP contribution in [0.1, 0.15) is 0 Å². The van der Waals surface area contributed by atoms with Gasteiger partial charge < -0.3 is 4.98 Å². The molecule has 0 bridgehead atoms. The van der Waals surface area contributed by atoms with E-state index in [0.717, 1.165) is 5.56 Å². The number of imidazole rings is 1. The van der Waals surface area contributed by atoms with Gasteiger partial charge in [-0.2, -0.15) is 0 Å². The standard InChI is InChI=1S/C11H6ClFN4/c12-9-8-11(15-5-14-9)17-10(16-8)6-1-3-7(13)4-2-6/h1-5H,(H,14,15,16,17). The van der Waals surface area contributed by atoms with Crippen molar-refractivity contribution in [1.82, 2.24) is 19.9 Å². The minimum atomic E-state index is -0.289. The Kier molecular flexibility index (Phi) is 2.26. The first-order valence-electron chi connectivity index (χ1n) is 4.86. The van der Waals surface area contributed by atoms with E-state index in [9.17, 15) is 4.39 Å². The van der Waals surface area contributed by atoms with E-state index < -0.39 is 0 Å². The summed E-state index contributed by atoms with van der Waals surface area (Å²) in [5.74, 6) is 0.296. The van der Waals surface area contributed by atoms with Crippen LogP contribution in [0.4, 0.5) is 4.39 Å². The van der Waals surface area contributed by atoms with Crippen molar-refractivity contribution in [3.05, 3.63) is 41.6 Å². The molecule has 3 rings (SSSR count).